The smallest absolute Gasteiger partial charge is 0.310 e. The molecule has 4 atom stereocenters. The Labute approximate surface area is 249 Å². The number of ether oxygens (including phenoxy) is 5. The van der Waals surface area contributed by atoms with Gasteiger partial charge in [0.25, 0.3) is 6.48 Å². The summed E-state index contributed by atoms with van der Waals surface area (Å²) < 4.78 is 30.2. The Balaban J connectivity index is 1.10. The number of nitro groups is 2. The van der Waals surface area contributed by atoms with E-state index in [2.05, 4.69) is 0 Å². The van der Waals surface area contributed by atoms with Gasteiger partial charge >= 0.3 is 11.4 Å². The Bertz CT molecular complexity index is 1630. The van der Waals surface area contributed by atoms with E-state index in [1.807, 2.05) is 24.3 Å². The third-order valence-electron chi connectivity index (χ3n) is 8.15. The molecular formula is C31H24N2O11. The molecule has 4 aromatic rings. The molecule has 4 aliphatic rings. The van der Waals surface area contributed by atoms with Crippen LogP contribution < -0.4 is 9.47 Å². The minimum atomic E-state index is -0.853. The van der Waals surface area contributed by atoms with Crippen molar-refractivity contribution in [3.05, 3.63) is 116 Å². The summed E-state index contributed by atoms with van der Waals surface area (Å²) >= 11 is 0. The Kier molecular flexibility index (Phi) is 6.39. The number of phenolic OH excluding ortho intramolecular Hbond substituents is 2. The van der Waals surface area contributed by atoms with Gasteiger partial charge in [0, 0.05) is 43.5 Å². The summed E-state index contributed by atoms with van der Waals surface area (Å²) in [5, 5.41) is 41.8. The number of rotatable bonds is 8. The van der Waals surface area contributed by atoms with Crippen LogP contribution >= 0.6 is 0 Å². The van der Waals surface area contributed by atoms with Crippen LogP contribution in [0.25, 0.3) is 0 Å². The average molecular weight is 601 g/mol. The lowest BCUT2D eigenvalue weighted by Crippen LogP contribution is -2.63. The maximum Gasteiger partial charge on any atom is 0.310 e. The molecule has 3 saturated heterocycles. The SMILES string of the molecule is O=[N+]([O-])c1ccc(Oc2ccc([C@@]34CC5C[C@@](c6ccc(Oc7ccc([N+](=O)[O-])c(O)c7)cc6)(C3)OC(O5)O4)cc2)cc1O. The summed E-state index contributed by atoms with van der Waals surface area (Å²) in [5.41, 5.74) is -0.340. The molecule has 3 heterocycles. The number of nitrogens with zero attached hydrogens (tertiary/aromatic N) is 2. The van der Waals surface area contributed by atoms with Gasteiger partial charge in [0.15, 0.2) is 11.5 Å². The Morgan fingerprint density at radius 1 is 0.659 bits per heavy atom. The molecule has 3 aliphatic heterocycles. The molecule has 13 heteroatoms. The summed E-state index contributed by atoms with van der Waals surface area (Å²) in [6.07, 6.45) is 1.70. The number of benzene rings is 4. The predicted molar refractivity (Wildman–Crippen MR) is 151 cm³/mol. The van der Waals surface area contributed by atoms with E-state index in [1.54, 1.807) is 24.3 Å². The van der Waals surface area contributed by atoms with E-state index in [0.29, 0.717) is 30.8 Å². The third-order valence-corrected chi connectivity index (χ3v) is 8.15. The van der Waals surface area contributed by atoms with Crippen LogP contribution in [0.15, 0.2) is 84.9 Å². The second-order valence-corrected chi connectivity index (χ2v) is 10.9. The monoisotopic (exact) mass is 600 g/mol. The fraction of sp³-hybridized carbons (Fsp3) is 0.226. The highest BCUT2D eigenvalue weighted by atomic mass is 16.9. The second-order valence-electron chi connectivity index (χ2n) is 10.9. The second kappa shape index (κ2) is 10.2. The molecule has 2 unspecified atom stereocenters. The van der Waals surface area contributed by atoms with E-state index < -0.39 is 50.4 Å². The van der Waals surface area contributed by atoms with Gasteiger partial charge in [-0.1, -0.05) is 24.3 Å². The van der Waals surface area contributed by atoms with Crippen molar-refractivity contribution in [2.24, 2.45) is 0 Å². The molecule has 2 N–H and O–H groups in total. The molecule has 0 aromatic heterocycles. The zero-order chi connectivity index (χ0) is 30.6. The van der Waals surface area contributed by atoms with Crippen molar-refractivity contribution < 1.29 is 43.7 Å². The van der Waals surface area contributed by atoms with Crippen molar-refractivity contribution in [1.82, 2.24) is 0 Å². The van der Waals surface area contributed by atoms with Gasteiger partial charge in [0.05, 0.1) is 16.0 Å². The summed E-state index contributed by atoms with van der Waals surface area (Å²) in [6, 6.07) is 22.3. The summed E-state index contributed by atoms with van der Waals surface area (Å²) in [4.78, 5) is 20.6. The maximum absolute atomic E-state index is 11.0. The molecule has 1 aliphatic carbocycles. The van der Waals surface area contributed by atoms with E-state index in [-0.39, 0.29) is 17.6 Å². The molecule has 44 heavy (non-hydrogen) atoms. The summed E-state index contributed by atoms with van der Waals surface area (Å²) in [5.74, 6) is 0.496. The zero-order valence-electron chi connectivity index (χ0n) is 22.8. The first-order valence-electron chi connectivity index (χ1n) is 13.6. The molecule has 0 amide bonds. The molecular weight excluding hydrogens is 576 g/mol. The van der Waals surface area contributed by atoms with E-state index in [0.717, 1.165) is 11.1 Å². The van der Waals surface area contributed by atoms with E-state index in [1.165, 1.54) is 36.4 Å². The van der Waals surface area contributed by atoms with E-state index in [9.17, 15) is 30.4 Å². The normalized spacial score (nSPS) is 25.0. The Morgan fingerprint density at radius 3 is 1.43 bits per heavy atom. The number of hydrogen-bond acceptors (Lipinski definition) is 11. The van der Waals surface area contributed by atoms with Crippen LogP contribution in [0, 0.1) is 20.2 Å². The largest absolute Gasteiger partial charge is 0.502 e. The van der Waals surface area contributed by atoms with Gasteiger partial charge in [-0.05, 0) is 47.5 Å². The van der Waals surface area contributed by atoms with Crippen LogP contribution in [0.1, 0.15) is 30.4 Å². The lowest BCUT2D eigenvalue weighted by Gasteiger charge is -2.60. The fourth-order valence-corrected chi connectivity index (χ4v) is 6.24. The van der Waals surface area contributed by atoms with Gasteiger partial charge in [0.2, 0.25) is 0 Å². The molecule has 0 radical (unpaired) electrons. The first-order chi connectivity index (χ1) is 21.1. The lowest BCUT2D eigenvalue weighted by molar-refractivity contribution is -0.483. The zero-order valence-corrected chi connectivity index (χ0v) is 22.8. The topological polar surface area (TPSA) is 173 Å². The minimum absolute atomic E-state index is 0.103. The molecule has 4 aromatic carbocycles. The third kappa shape index (κ3) is 4.82. The molecule has 4 bridgehead atoms. The Morgan fingerprint density at radius 2 is 1.07 bits per heavy atom. The van der Waals surface area contributed by atoms with Crippen LogP contribution in [0.4, 0.5) is 11.4 Å². The maximum atomic E-state index is 11.0. The first-order valence-corrected chi connectivity index (χ1v) is 13.6. The fourth-order valence-electron chi connectivity index (χ4n) is 6.24. The molecule has 13 nitrogen and oxygen atoms in total. The van der Waals surface area contributed by atoms with Crippen molar-refractivity contribution in [1.29, 1.82) is 0 Å². The van der Waals surface area contributed by atoms with Gasteiger partial charge < -0.3 is 33.9 Å². The predicted octanol–water partition coefficient (Wildman–Crippen LogP) is 6.50. The van der Waals surface area contributed by atoms with Crippen LogP contribution in [0.5, 0.6) is 34.5 Å². The number of hydrogen-bond donors (Lipinski definition) is 2. The number of aromatic hydroxyl groups is 2. The van der Waals surface area contributed by atoms with Crippen LogP contribution in [-0.4, -0.2) is 32.6 Å². The van der Waals surface area contributed by atoms with Crippen molar-refractivity contribution in [2.45, 2.75) is 43.0 Å². The van der Waals surface area contributed by atoms with Gasteiger partial charge in [-0.3, -0.25) is 20.2 Å². The van der Waals surface area contributed by atoms with E-state index in [4.69, 9.17) is 23.7 Å². The average Bonchev–Trinajstić information content (AvgIpc) is 2.97. The molecule has 1 saturated carbocycles. The van der Waals surface area contributed by atoms with Crippen molar-refractivity contribution in [3.8, 4) is 34.5 Å². The van der Waals surface area contributed by atoms with E-state index >= 15 is 0 Å². The van der Waals surface area contributed by atoms with Crippen LogP contribution in [0.2, 0.25) is 0 Å². The van der Waals surface area contributed by atoms with Gasteiger partial charge in [0.1, 0.15) is 34.2 Å². The lowest BCUT2D eigenvalue weighted by atomic mass is 9.66. The van der Waals surface area contributed by atoms with Crippen molar-refractivity contribution in [3.63, 3.8) is 0 Å². The quantitative estimate of drug-likeness (QED) is 0.167. The highest BCUT2D eigenvalue weighted by Crippen LogP contribution is 2.59. The Hall–Kier alpha value is -5.24. The first kappa shape index (κ1) is 27.6. The van der Waals surface area contributed by atoms with Gasteiger partial charge in [-0.2, -0.15) is 0 Å². The van der Waals surface area contributed by atoms with Crippen molar-refractivity contribution >= 4 is 11.4 Å². The summed E-state index contributed by atoms with van der Waals surface area (Å²) in [6.45, 7) is -0.853. The van der Waals surface area contributed by atoms with Crippen molar-refractivity contribution in [2.75, 3.05) is 0 Å². The van der Waals surface area contributed by atoms with Crippen LogP contribution in [0.3, 0.4) is 0 Å². The number of phenols is 2. The van der Waals surface area contributed by atoms with Gasteiger partial charge in [-0.25, -0.2) is 0 Å². The molecule has 224 valence electrons. The minimum Gasteiger partial charge on any atom is -0.502 e. The molecule has 0 spiro atoms. The van der Waals surface area contributed by atoms with Gasteiger partial charge in [-0.15, -0.1) is 0 Å². The molecule has 4 fully saturated rings. The molecule has 8 rings (SSSR count). The summed E-state index contributed by atoms with van der Waals surface area (Å²) in [7, 11) is 0. The highest BCUT2D eigenvalue weighted by molar-refractivity contribution is 5.51. The standard InChI is InChI=1S/C31H24N2O11/c34-27-13-22(9-11-25(27)32(36)37)40-20-5-1-18(2-6-20)30-15-24-16-31(17-30,44-29(42-24)43-30)19-3-7-21(8-4-19)41-23-10-12-26(33(38)39)28(35)14-23/h1-14,24,29,34-35H,15-17H2/t24?,29?,30-,31+. The van der Waals surface area contributed by atoms with Crippen LogP contribution in [-0.2, 0) is 25.4 Å². The number of nitro benzene ring substituents is 2. The highest BCUT2D eigenvalue weighted by Gasteiger charge is 2.62.